The SMILES string of the molecule is C=CC(=O)OC(C)C(Oc1c(Br)cc(-c2cc(Br)c(OCC(C)(OC(=O)C=C)SC)c(Br)c2)cc1Br)SC. The van der Waals surface area contributed by atoms with Crippen LogP contribution in [-0.2, 0) is 19.1 Å². The first-order valence-corrected chi connectivity index (χ1v) is 16.6. The van der Waals surface area contributed by atoms with Crippen LogP contribution in [0, 0.1) is 0 Å². The molecule has 3 atom stereocenters. The molecule has 12 heteroatoms. The van der Waals surface area contributed by atoms with Gasteiger partial charge in [0.2, 0.25) is 0 Å². The molecule has 38 heavy (non-hydrogen) atoms. The predicted molar refractivity (Wildman–Crippen MR) is 170 cm³/mol. The van der Waals surface area contributed by atoms with Gasteiger partial charge >= 0.3 is 11.9 Å². The highest BCUT2D eigenvalue weighted by molar-refractivity contribution is 9.11. The molecule has 2 aromatic rings. The molecule has 0 aliphatic carbocycles. The Balaban J connectivity index is 2.28. The first-order chi connectivity index (χ1) is 17.9. The Bertz CT molecular complexity index is 1160. The Kier molecular flexibility index (Phi) is 13.3. The number of esters is 2. The maximum absolute atomic E-state index is 11.7. The van der Waals surface area contributed by atoms with Gasteiger partial charge in [0, 0.05) is 12.2 Å². The van der Waals surface area contributed by atoms with Crippen LogP contribution in [0.25, 0.3) is 11.1 Å². The fourth-order valence-corrected chi connectivity index (χ4v) is 6.79. The third-order valence-electron chi connectivity index (χ3n) is 5.04. The number of halogens is 4. The van der Waals surface area contributed by atoms with E-state index in [0.29, 0.717) is 20.4 Å². The smallest absolute Gasteiger partial charge is 0.331 e. The fraction of sp³-hybridized carbons (Fsp3) is 0.308. The van der Waals surface area contributed by atoms with Crippen LogP contribution >= 0.6 is 87.2 Å². The molecular formula is C26H26Br4O6S2. The first kappa shape index (κ1) is 33.3. The second-order valence-corrected chi connectivity index (χ2v) is 13.5. The largest absolute Gasteiger partial charge is 0.486 e. The van der Waals surface area contributed by atoms with Gasteiger partial charge in [-0.1, -0.05) is 13.2 Å². The molecule has 206 valence electrons. The Hall–Kier alpha value is -0.920. The lowest BCUT2D eigenvalue weighted by molar-refractivity contribution is -0.146. The average Bonchev–Trinajstić information content (AvgIpc) is 2.87. The zero-order valence-electron chi connectivity index (χ0n) is 21.0. The molecule has 2 aromatic carbocycles. The number of ether oxygens (including phenoxy) is 4. The molecule has 0 saturated carbocycles. The number of carbonyl (C=O) groups is 2. The van der Waals surface area contributed by atoms with Crippen molar-refractivity contribution in [3.63, 3.8) is 0 Å². The van der Waals surface area contributed by atoms with Crippen molar-refractivity contribution in [3.8, 4) is 22.6 Å². The van der Waals surface area contributed by atoms with E-state index in [0.717, 1.165) is 32.2 Å². The summed E-state index contributed by atoms with van der Waals surface area (Å²) in [7, 11) is 0. The summed E-state index contributed by atoms with van der Waals surface area (Å²) in [6.07, 6.45) is 5.47. The van der Waals surface area contributed by atoms with Gasteiger partial charge in [-0.2, -0.15) is 0 Å². The average molecular weight is 818 g/mol. The number of thioether (sulfide) groups is 2. The molecule has 0 fully saturated rings. The van der Waals surface area contributed by atoms with Gasteiger partial charge < -0.3 is 18.9 Å². The van der Waals surface area contributed by atoms with Gasteiger partial charge in [0.1, 0.15) is 24.2 Å². The molecule has 0 aliphatic heterocycles. The second-order valence-electron chi connectivity index (χ2n) is 7.86. The molecule has 2 rings (SSSR count). The number of hydrogen-bond acceptors (Lipinski definition) is 8. The topological polar surface area (TPSA) is 71.1 Å². The molecule has 0 N–H and O–H groups in total. The van der Waals surface area contributed by atoms with Crippen molar-refractivity contribution in [2.45, 2.75) is 30.3 Å². The molecule has 6 nitrogen and oxygen atoms in total. The summed E-state index contributed by atoms with van der Waals surface area (Å²) in [5.74, 6) is 0.136. The Morgan fingerprint density at radius 2 is 1.39 bits per heavy atom. The van der Waals surface area contributed by atoms with Crippen LogP contribution in [0.4, 0.5) is 0 Å². The standard InChI is InChI=1S/C26H26Br4O6S2/c1-7-21(31)34-14(3)25(37-5)35-24-19(29)11-16(12-20(24)30)15-9-17(27)23(18(28)10-15)33-13-26(4,38-6)36-22(32)8-2/h7-12,14,25H,1-2,13H2,3-6H3. The number of hydrogen-bond donors (Lipinski definition) is 0. The van der Waals surface area contributed by atoms with Crippen LogP contribution in [-0.4, -0.2) is 47.5 Å². The van der Waals surface area contributed by atoms with E-state index in [9.17, 15) is 9.59 Å². The van der Waals surface area contributed by atoms with Gasteiger partial charge in [-0.15, -0.1) is 23.5 Å². The third kappa shape index (κ3) is 9.05. The lowest BCUT2D eigenvalue weighted by atomic mass is 10.1. The fourth-order valence-electron chi connectivity index (χ4n) is 3.03. The van der Waals surface area contributed by atoms with E-state index in [2.05, 4.69) is 76.9 Å². The van der Waals surface area contributed by atoms with Crippen molar-refractivity contribution < 1.29 is 28.5 Å². The normalized spacial score (nSPS) is 14.0. The minimum atomic E-state index is -0.884. The van der Waals surface area contributed by atoms with E-state index >= 15 is 0 Å². The van der Waals surface area contributed by atoms with Crippen molar-refractivity contribution in [3.05, 3.63) is 67.5 Å². The number of carbonyl (C=O) groups excluding carboxylic acids is 2. The quantitative estimate of drug-likeness (QED) is 0.113. The molecule has 0 spiro atoms. The highest BCUT2D eigenvalue weighted by atomic mass is 79.9. The van der Waals surface area contributed by atoms with Gasteiger partial charge in [0.25, 0.3) is 0 Å². The molecule has 0 saturated heterocycles. The van der Waals surface area contributed by atoms with E-state index in [-0.39, 0.29) is 6.61 Å². The van der Waals surface area contributed by atoms with Gasteiger partial charge in [-0.05, 0) is 125 Å². The van der Waals surface area contributed by atoms with Crippen molar-refractivity contribution in [2.75, 3.05) is 19.1 Å². The van der Waals surface area contributed by atoms with E-state index in [1.807, 2.05) is 36.8 Å². The van der Waals surface area contributed by atoms with Crippen LogP contribution < -0.4 is 9.47 Å². The summed E-state index contributed by atoms with van der Waals surface area (Å²) in [6, 6.07) is 7.74. The lowest BCUT2D eigenvalue weighted by Crippen LogP contribution is -2.34. The van der Waals surface area contributed by atoms with Crippen molar-refractivity contribution >= 4 is 99.2 Å². The molecular weight excluding hydrogens is 792 g/mol. The Morgan fingerprint density at radius 3 is 1.82 bits per heavy atom. The van der Waals surface area contributed by atoms with Crippen molar-refractivity contribution in [2.24, 2.45) is 0 Å². The second kappa shape index (κ2) is 15.2. The Morgan fingerprint density at radius 1 is 0.921 bits per heavy atom. The highest BCUT2D eigenvalue weighted by Crippen LogP contribution is 2.43. The monoisotopic (exact) mass is 814 g/mol. The van der Waals surface area contributed by atoms with E-state index in [1.54, 1.807) is 13.8 Å². The van der Waals surface area contributed by atoms with Gasteiger partial charge in [-0.3, -0.25) is 0 Å². The first-order valence-electron chi connectivity index (χ1n) is 10.9. The maximum atomic E-state index is 11.7. The molecule has 0 amide bonds. The van der Waals surface area contributed by atoms with Crippen molar-refractivity contribution in [1.82, 2.24) is 0 Å². The molecule has 0 aliphatic rings. The maximum Gasteiger partial charge on any atom is 0.331 e. The minimum Gasteiger partial charge on any atom is -0.486 e. The summed E-state index contributed by atoms with van der Waals surface area (Å²) in [5, 5.41) is 0. The summed E-state index contributed by atoms with van der Waals surface area (Å²) in [6.45, 7) is 10.6. The van der Waals surface area contributed by atoms with Crippen LogP contribution in [0.3, 0.4) is 0 Å². The van der Waals surface area contributed by atoms with E-state index in [4.69, 9.17) is 18.9 Å². The van der Waals surface area contributed by atoms with Crippen LogP contribution in [0.5, 0.6) is 11.5 Å². The third-order valence-corrected chi connectivity index (χ3v) is 9.41. The Labute approximate surface area is 265 Å². The number of rotatable bonds is 13. The summed E-state index contributed by atoms with van der Waals surface area (Å²) < 4.78 is 25.8. The minimum absolute atomic E-state index is 0.130. The molecule has 0 aromatic heterocycles. The van der Waals surface area contributed by atoms with Gasteiger partial charge in [0.05, 0.1) is 17.9 Å². The predicted octanol–water partition coefficient (Wildman–Crippen LogP) is 8.78. The zero-order chi connectivity index (χ0) is 28.6. The zero-order valence-corrected chi connectivity index (χ0v) is 29.0. The lowest BCUT2D eigenvalue weighted by Gasteiger charge is -2.27. The van der Waals surface area contributed by atoms with Crippen LogP contribution in [0.2, 0.25) is 0 Å². The highest BCUT2D eigenvalue weighted by Gasteiger charge is 2.29. The van der Waals surface area contributed by atoms with E-state index in [1.165, 1.54) is 23.5 Å². The van der Waals surface area contributed by atoms with Gasteiger partial charge in [0.15, 0.2) is 10.4 Å². The van der Waals surface area contributed by atoms with Crippen LogP contribution in [0.15, 0.2) is 67.5 Å². The molecule has 3 unspecified atom stereocenters. The molecule has 0 bridgehead atoms. The summed E-state index contributed by atoms with van der Waals surface area (Å²) >= 11 is 17.2. The van der Waals surface area contributed by atoms with Gasteiger partial charge in [-0.25, -0.2) is 9.59 Å². The summed E-state index contributed by atoms with van der Waals surface area (Å²) in [5.41, 5.74) is 1.38. The van der Waals surface area contributed by atoms with Crippen molar-refractivity contribution in [1.29, 1.82) is 0 Å². The van der Waals surface area contributed by atoms with E-state index < -0.39 is 28.4 Å². The summed E-state index contributed by atoms with van der Waals surface area (Å²) in [4.78, 5) is 22.4. The molecule has 0 radical (unpaired) electrons. The molecule has 0 heterocycles. The number of benzene rings is 2. The van der Waals surface area contributed by atoms with Crippen LogP contribution in [0.1, 0.15) is 13.8 Å².